The van der Waals surface area contributed by atoms with Crippen molar-refractivity contribution in [3.63, 3.8) is 0 Å². The Morgan fingerprint density at radius 2 is 1.47 bits per heavy atom. The van der Waals surface area contributed by atoms with Gasteiger partial charge in [-0.2, -0.15) is 0 Å². The predicted octanol–water partition coefficient (Wildman–Crippen LogP) is 5.99. The number of pyridine rings is 1. The van der Waals surface area contributed by atoms with Gasteiger partial charge in [-0.3, -0.25) is 4.79 Å². The highest BCUT2D eigenvalue weighted by atomic mass is 19.4. The first-order valence-corrected chi connectivity index (χ1v) is 9.36. The highest BCUT2D eigenvalue weighted by molar-refractivity contribution is 5.83. The van der Waals surface area contributed by atoms with Gasteiger partial charge in [0, 0.05) is 16.5 Å². The fraction of sp³-hybridized carbons (Fsp3) is 0.125. The van der Waals surface area contributed by atoms with Crippen LogP contribution in [0.2, 0.25) is 0 Å². The maximum atomic E-state index is 12.6. The topological polar surface area (TPSA) is 42.1 Å². The van der Waals surface area contributed by atoms with Crippen molar-refractivity contribution < 1.29 is 17.9 Å². The summed E-state index contributed by atoms with van der Waals surface area (Å²) >= 11 is 0. The van der Waals surface area contributed by atoms with Crippen molar-refractivity contribution in [2.45, 2.75) is 19.7 Å². The number of H-pyrrole nitrogens is 1. The van der Waals surface area contributed by atoms with Gasteiger partial charge < -0.3 is 9.72 Å². The fourth-order valence-corrected chi connectivity index (χ4v) is 3.46. The van der Waals surface area contributed by atoms with E-state index in [2.05, 4.69) is 9.72 Å². The Kier molecular flexibility index (Phi) is 5.08. The fourth-order valence-electron chi connectivity index (χ4n) is 3.46. The second kappa shape index (κ2) is 7.71. The largest absolute Gasteiger partial charge is 0.573 e. The van der Waals surface area contributed by atoms with Crippen LogP contribution in [0.3, 0.4) is 0 Å². The lowest BCUT2D eigenvalue weighted by atomic mass is 10.00. The minimum atomic E-state index is -4.70. The third kappa shape index (κ3) is 4.22. The van der Waals surface area contributed by atoms with Gasteiger partial charge >= 0.3 is 6.36 Å². The molecule has 1 N–H and O–H groups in total. The van der Waals surface area contributed by atoms with E-state index in [9.17, 15) is 18.0 Å². The van der Waals surface area contributed by atoms with Crippen LogP contribution in [0.4, 0.5) is 13.2 Å². The summed E-state index contributed by atoms with van der Waals surface area (Å²) in [6, 6.07) is 21.0. The van der Waals surface area contributed by atoms with E-state index < -0.39 is 6.36 Å². The van der Waals surface area contributed by atoms with E-state index in [4.69, 9.17) is 0 Å². The number of hydrogen-bond donors (Lipinski definition) is 1. The molecule has 1 aromatic heterocycles. The van der Waals surface area contributed by atoms with Gasteiger partial charge in [0.15, 0.2) is 5.43 Å². The lowest BCUT2D eigenvalue weighted by Gasteiger charge is -2.11. The molecule has 0 fully saturated rings. The molecule has 0 aliphatic rings. The normalized spacial score (nSPS) is 11.6. The second-order valence-electron chi connectivity index (χ2n) is 7.07. The van der Waals surface area contributed by atoms with Crippen LogP contribution in [-0.2, 0) is 6.42 Å². The first-order chi connectivity index (χ1) is 14.3. The number of rotatable bonds is 4. The van der Waals surface area contributed by atoms with E-state index in [-0.39, 0.29) is 11.2 Å². The van der Waals surface area contributed by atoms with E-state index in [1.807, 2.05) is 42.5 Å². The van der Waals surface area contributed by atoms with Crippen molar-refractivity contribution in [2.24, 2.45) is 0 Å². The number of fused-ring (bicyclic) bond motifs is 1. The summed E-state index contributed by atoms with van der Waals surface area (Å²) in [6.07, 6.45) is -4.13. The van der Waals surface area contributed by atoms with Crippen molar-refractivity contribution in [1.29, 1.82) is 0 Å². The smallest absolute Gasteiger partial charge is 0.406 e. The number of ether oxygens (including phenoxy) is 1. The summed E-state index contributed by atoms with van der Waals surface area (Å²) < 4.78 is 40.7. The predicted molar refractivity (Wildman–Crippen MR) is 111 cm³/mol. The summed E-state index contributed by atoms with van der Waals surface area (Å²) in [5.41, 5.74) is 4.99. The number of halogens is 3. The summed E-state index contributed by atoms with van der Waals surface area (Å²) in [6.45, 7) is 1.80. The maximum Gasteiger partial charge on any atom is 0.573 e. The number of aromatic amines is 1. The van der Waals surface area contributed by atoms with Crippen molar-refractivity contribution in [3.8, 4) is 17.0 Å². The molecule has 3 nitrogen and oxygen atoms in total. The van der Waals surface area contributed by atoms with Gasteiger partial charge in [-0.1, -0.05) is 48.5 Å². The van der Waals surface area contributed by atoms with Crippen LogP contribution in [0, 0.1) is 6.92 Å². The molecule has 0 saturated carbocycles. The lowest BCUT2D eigenvalue weighted by molar-refractivity contribution is -0.274. The van der Waals surface area contributed by atoms with E-state index in [0.29, 0.717) is 17.4 Å². The van der Waals surface area contributed by atoms with Gasteiger partial charge in [0.1, 0.15) is 5.75 Å². The van der Waals surface area contributed by atoms with Gasteiger partial charge in [-0.15, -0.1) is 13.2 Å². The second-order valence-corrected chi connectivity index (χ2v) is 7.07. The zero-order valence-electron chi connectivity index (χ0n) is 16.1. The Bertz CT molecular complexity index is 1240. The summed E-state index contributed by atoms with van der Waals surface area (Å²) in [7, 11) is 0. The van der Waals surface area contributed by atoms with Crippen LogP contribution < -0.4 is 10.2 Å². The Labute approximate surface area is 170 Å². The third-order valence-electron chi connectivity index (χ3n) is 4.95. The highest BCUT2D eigenvalue weighted by Gasteiger charge is 2.30. The van der Waals surface area contributed by atoms with E-state index >= 15 is 0 Å². The number of para-hydroxylation sites is 1. The van der Waals surface area contributed by atoms with Gasteiger partial charge in [-0.25, -0.2) is 0 Å². The first-order valence-electron chi connectivity index (χ1n) is 9.36. The summed E-state index contributed by atoms with van der Waals surface area (Å²) in [4.78, 5) is 16.0. The third-order valence-corrected chi connectivity index (χ3v) is 4.95. The summed E-state index contributed by atoms with van der Waals surface area (Å²) in [5, 5.41) is 0.660. The standard InChI is InChI=1S/C24H18F3NO2/c1-15-22(28-21-5-3-2-4-20(21)23(15)29)18-10-6-16(7-11-18)14-17-8-12-19(13-9-17)30-24(25,26)27/h2-13H,14H2,1H3,(H,28,29). The van der Waals surface area contributed by atoms with Crippen LogP contribution in [-0.4, -0.2) is 11.3 Å². The summed E-state index contributed by atoms with van der Waals surface area (Å²) in [5.74, 6) is -0.239. The van der Waals surface area contributed by atoms with Gasteiger partial charge in [0.25, 0.3) is 0 Å². The van der Waals surface area contributed by atoms with E-state index in [1.165, 1.54) is 12.1 Å². The zero-order valence-corrected chi connectivity index (χ0v) is 16.1. The number of hydrogen-bond acceptors (Lipinski definition) is 2. The molecule has 152 valence electrons. The zero-order chi connectivity index (χ0) is 21.3. The van der Waals surface area contributed by atoms with Gasteiger partial charge in [0.05, 0.1) is 5.69 Å². The highest BCUT2D eigenvalue weighted by Crippen LogP contribution is 2.25. The Hall–Kier alpha value is -3.54. The molecule has 0 aliphatic carbocycles. The van der Waals surface area contributed by atoms with E-state index in [1.54, 1.807) is 25.1 Å². The quantitative estimate of drug-likeness (QED) is 0.450. The van der Waals surface area contributed by atoms with Crippen molar-refractivity contribution in [2.75, 3.05) is 0 Å². The molecule has 0 bridgehead atoms. The lowest BCUT2D eigenvalue weighted by Crippen LogP contribution is -2.17. The number of alkyl halides is 3. The first kappa shape index (κ1) is 19.8. The SMILES string of the molecule is Cc1c(-c2ccc(Cc3ccc(OC(F)(F)F)cc3)cc2)[nH]c2ccccc2c1=O. The Morgan fingerprint density at radius 3 is 2.10 bits per heavy atom. The minimum Gasteiger partial charge on any atom is -0.406 e. The molecule has 30 heavy (non-hydrogen) atoms. The van der Waals surface area contributed by atoms with Crippen molar-refractivity contribution >= 4 is 10.9 Å². The average Bonchev–Trinajstić information content (AvgIpc) is 2.72. The van der Waals surface area contributed by atoms with Crippen molar-refractivity contribution in [1.82, 2.24) is 4.98 Å². The van der Waals surface area contributed by atoms with E-state index in [0.717, 1.165) is 27.9 Å². The van der Waals surface area contributed by atoms with Crippen molar-refractivity contribution in [3.05, 3.63) is 99.7 Å². The van der Waals surface area contributed by atoms with Crippen LogP contribution >= 0.6 is 0 Å². The maximum absolute atomic E-state index is 12.6. The molecular formula is C24H18F3NO2. The Balaban J connectivity index is 1.56. The minimum absolute atomic E-state index is 0.00425. The molecule has 1 heterocycles. The molecule has 4 aromatic rings. The molecule has 6 heteroatoms. The molecule has 0 radical (unpaired) electrons. The van der Waals surface area contributed by atoms with Crippen LogP contribution in [0.15, 0.2) is 77.6 Å². The monoisotopic (exact) mass is 409 g/mol. The van der Waals surface area contributed by atoms with Crippen LogP contribution in [0.1, 0.15) is 16.7 Å². The molecule has 3 aromatic carbocycles. The van der Waals surface area contributed by atoms with Gasteiger partial charge in [-0.05, 0) is 54.3 Å². The average molecular weight is 409 g/mol. The number of benzene rings is 3. The Morgan fingerprint density at radius 1 is 0.867 bits per heavy atom. The van der Waals surface area contributed by atoms with Crippen LogP contribution in [0.25, 0.3) is 22.2 Å². The molecule has 0 atom stereocenters. The molecule has 0 unspecified atom stereocenters. The molecule has 0 amide bonds. The molecular weight excluding hydrogens is 391 g/mol. The van der Waals surface area contributed by atoms with Gasteiger partial charge in [0.2, 0.25) is 0 Å². The number of nitrogens with one attached hydrogen (secondary N) is 1. The molecule has 0 saturated heterocycles. The molecule has 0 spiro atoms. The van der Waals surface area contributed by atoms with Crippen LogP contribution in [0.5, 0.6) is 5.75 Å². The molecule has 0 aliphatic heterocycles. The molecule has 4 rings (SSSR count). The number of aromatic nitrogens is 1.